The molecular formula is C25H37NO4. The zero-order chi connectivity index (χ0) is 21.3. The Kier molecular flexibility index (Phi) is 8.74. The maximum atomic E-state index is 13.0. The molecule has 0 aromatic heterocycles. The van der Waals surface area contributed by atoms with Crippen LogP contribution in [0.5, 0.6) is 0 Å². The smallest absolute Gasteiger partial charge is 0.317 e. The first kappa shape index (κ1) is 22.8. The van der Waals surface area contributed by atoms with Gasteiger partial charge in [-0.2, -0.15) is 0 Å². The lowest BCUT2D eigenvalue weighted by Crippen LogP contribution is -2.44. The molecule has 0 saturated carbocycles. The summed E-state index contributed by atoms with van der Waals surface area (Å²) < 4.78 is 11.4. The molecule has 2 aliphatic heterocycles. The summed E-state index contributed by atoms with van der Waals surface area (Å²) in [5.74, 6) is -1.06. The van der Waals surface area contributed by atoms with Gasteiger partial charge in [-0.3, -0.25) is 9.59 Å². The van der Waals surface area contributed by atoms with Crippen molar-refractivity contribution in [3.63, 3.8) is 0 Å². The topological polar surface area (TPSA) is 55.8 Å². The van der Waals surface area contributed by atoms with Crippen LogP contribution in [0.15, 0.2) is 30.3 Å². The summed E-state index contributed by atoms with van der Waals surface area (Å²) in [7, 11) is 2.18. The van der Waals surface area contributed by atoms with Gasteiger partial charge in [0.1, 0.15) is 18.6 Å². The maximum absolute atomic E-state index is 13.0. The molecule has 1 aromatic carbocycles. The molecule has 5 nitrogen and oxygen atoms in total. The van der Waals surface area contributed by atoms with Crippen molar-refractivity contribution in [1.82, 2.24) is 4.90 Å². The number of unbranched alkanes of at least 4 members (excludes halogenated alkanes) is 4. The SMILES string of the molecule is CCCCCCCC(=O)OCC(C(=O)O[C@H]1C[C@H]2CC[C@@H](C1)N2C)c1ccccc1. The average Bonchev–Trinajstić information content (AvgIpc) is 2.95. The highest BCUT2D eigenvalue weighted by Gasteiger charge is 2.40. The van der Waals surface area contributed by atoms with Crippen LogP contribution < -0.4 is 0 Å². The fourth-order valence-electron chi connectivity index (χ4n) is 4.81. The van der Waals surface area contributed by atoms with Crippen molar-refractivity contribution in [3.8, 4) is 0 Å². The van der Waals surface area contributed by atoms with E-state index < -0.39 is 5.92 Å². The second-order valence-electron chi connectivity index (χ2n) is 8.89. The highest BCUT2D eigenvalue weighted by atomic mass is 16.6. The van der Waals surface area contributed by atoms with Crippen molar-refractivity contribution in [2.45, 2.75) is 95.2 Å². The van der Waals surface area contributed by atoms with Crippen LogP contribution in [0.1, 0.15) is 82.6 Å². The standard InChI is InChI=1S/C25H37NO4/c1-3-4-5-6-10-13-24(27)29-18-23(19-11-8-7-9-12-19)25(28)30-22-16-20-14-15-21(17-22)26(20)2/h7-9,11-12,20-23H,3-6,10,13-18H2,1-2H3/t20-,21+,22+,23?. The number of esters is 2. The Balaban J connectivity index is 1.52. The monoisotopic (exact) mass is 415 g/mol. The number of hydrogen-bond acceptors (Lipinski definition) is 5. The average molecular weight is 416 g/mol. The number of ether oxygens (including phenoxy) is 2. The minimum absolute atomic E-state index is 0.0355. The number of fused-ring (bicyclic) bond motifs is 2. The van der Waals surface area contributed by atoms with E-state index in [0.29, 0.717) is 18.5 Å². The van der Waals surface area contributed by atoms with Gasteiger partial charge in [0.15, 0.2) is 0 Å². The fraction of sp³-hybridized carbons (Fsp3) is 0.680. The van der Waals surface area contributed by atoms with Crippen LogP contribution in [0.2, 0.25) is 0 Å². The number of piperidine rings is 1. The Morgan fingerprint density at radius 3 is 2.37 bits per heavy atom. The number of nitrogens with zero attached hydrogens (tertiary/aromatic N) is 1. The van der Waals surface area contributed by atoms with Crippen LogP contribution in [-0.4, -0.2) is 48.7 Å². The van der Waals surface area contributed by atoms with E-state index >= 15 is 0 Å². The van der Waals surface area contributed by atoms with Crippen molar-refractivity contribution in [2.24, 2.45) is 0 Å². The van der Waals surface area contributed by atoms with E-state index in [-0.39, 0.29) is 24.6 Å². The van der Waals surface area contributed by atoms with Crippen molar-refractivity contribution in [3.05, 3.63) is 35.9 Å². The highest BCUT2D eigenvalue weighted by Crippen LogP contribution is 2.36. The van der Waals surface area contributed by atoms with Crippen LogP contribution in [0.4, 0.5) is 0 Å². The Morgan fingerprint density at radius 1 is 1.03 bits per heavy atom. The number of benzene rings is 1. The first-order valence-corrected chi connectivity index (χ1v) is 11.7. The number of hydrogen-bond donors (Lipinski definition) is 0. The van der Waals surface area contributed by atoms with Crippen molar-refractivity contribution < 1.29 is 19.1 Å². The minimum atomic E-state index is -0.562. The summed E-state index contributed by atoms with van der Waals surface area (Å²) in [4.78, 5) is 27.7. The van der Waals surface area contributed by atoms with E-state index in [0.717, 1.165) is 37.7 Å². The molecule has 0 amide bonds. The third-order valence-corrected chi connectivity index (χ3v) is 6.72. The van der Waals surface area contributed by atoms with Gasteiger partial charge in [-0.1, -0.05) is 62.9 Å². The van der Waals surface area contributed by atoms with Crippen LogP contribution in [0, 0.1) is 0 Å². The van der Waals surface area contributed by atoms with Crippen molar-refractivity contribution in [1.29, 1.82) is 0 Å². The zero-order valence-electron chi connectivity index (χ0n) is 18.6. The van der Waals surface area contributed by atoms with Gasteiger partial charge < -0.3 is 14.4 Å². The lowest BCUT2D eigenvalue weighted by molar-refractivity contribution is -0.158. The van der Waals surface area contributed by atoms with Gasteiger partial charge in [0.25, 0.3) is 0 Å². The van der Waals surface area contributed by atoms with E-state index in [2.05, 4.69) is 18.9 Å². The Labute approximate surface area is 181 Å². The lowest BCUT2D eigenvalue weighted by Gasteiger charge is -2.36. The molecule has 5 heteroatoms. The molecule has 0 radical (unpaired) electrons. The summed E-state index contributed by atoms with van der Waals surface area (Å²) in [5.41, 5.74) is 0.842. The molecule has 2 saturated heterocycles. The molecule has 30 heavy (non-hydrogen) atoms. The summed E-state index contributed by atoms with van der Waals surface area (Å²) in [5, 5.41) is 0. The number of carbonyl (C=O) groups excluding carboxylic acids is 2. The molecule has 3 rings (SSSR count). The zero-order valence-corrected chi connectivity index (χ0v) is 18.6. The quantitative estimate of drug-likeness (QED) is 0.382. The van der Waals surface area contributed by atoms with Gasteiger partial charge in [0.2, 0.25) is 0 Å². The molecule has 166 valence electrons. The van der Waals surface area contributed by atoms with E-state index in [1.165, 1.54) is 25.7 Å². The molecule has 2 aliphatic rings. The van der Waals surface area contributed by atoms with Crippen molar-refractivity contribution >= 4 is 11.9 Å². The first-order valence-electron chi connectivity index (χ1n) is 11.7. The third kappa shape index (κ3) is 6.31. The van der Waals surface area contributed by atoms with E-state index in [1.54, 1.807) is 0 Å². The molecule has 4 atom stereocenters. The summed E-state index contributed by atoms with van der Waals surface area (Å²) in [6, 6.07) is 10.6. The van der Waals surface area contributed by atoms with Crippen LogP contribution in [-0.2, 0) is 19.1 Å². The summed E-state index contributed by atoms with van der Waals surface area (Å²) >= 11 is 0. The van der Waals surface area contributed by atoms with E-state index in [9.17, 15) is 9.59 Å². The third-order valence-electron chi connectivity index (χ3n) is 6.72. The largest absolute Gasteiger partial charge is 0.464 e. The number of carbonyl (C=O) groups is 2. The van der Waals surface area contributed by atoms with Gasteiger partial charge in [-0.05, 0) is 44.7 Å². The molecule has 2 bridgehead atoms. The van der Waals surface area contributed by atoms with Gasteiger partial charge in [0.05, 0.1) is 0 Å². The molecule has 0 aliphatic carbocycles. The highest BCUT2D eigenvalue weighted by molar-refractivity contribution is 5.79. The van der Waals surface area contributed by atoms with Crippen molar-refractivity contribution in [2.75, 3.05) is 13.7 Å². The minimum Gasteiger partial charge on any atom is -0.464 e. The normalized spacial score (nSPS) is 24.4. The van der Waals surface area contributed by atoms with Gasteiger partial charge in [-0.25, -0.2) is 0 Å². The molecule has 2 heterocycles. The summed E-state index contributed by atoms with van der Waals surface area (Å²) in [6.45, 7) is 2.23. The molecule has 1 unspecified atom stereocenters. The predicted octanol–water partition coefficient (Wildman–Crippen LogP) is 4.84. The summed E-state index contributed by atoms with van der Waals surface area (Å²) in [6.07, 6.45) is 9.99. The number of rotatable bonds is 11. The van der Waals surface area contributed by atoms with E-state index in [4.69, 9.17) is 9.47 Å². The Morgan fingerprint density at radius 2 is 1.70 bits per heavy atom. The van der Waals surface area contributed by atoms with Crippen LogP contribution in [0.3, 0.4) is 0 Å². The molecular weight excluding hydrogens is 378 g/mol. The Bertz CT molecular complexity index is 663. The Hall–Kier alpha value is -1.88. The van der Waals surface area contributed by atoms with E-state index in [1.807, 2.05) is 30.3 Å². The lowest BCUT2D eigenvalue weighted by atomic mass is 9.98. The second kappa shape index (κ2) is 11.5. The second-order valence-corrected chi connectivity index (χ2v) is 8.89. The molecule has 1 aromatic rings. The first-order chi connectivity index (χ1) is 14.6. The molecule has 2 fully saturated rings. The molecule has 0 spiro atoms. The van der Waals surface area contributed by atoms with Gasteiger partial charge in [0, 0.05) is 18.5 Å². The van der Waals surface area contributed by atoms with Gasteiger partial charge in [-0.15, -0.1) is 0 Å². The maximum Gasteiger partial charge on any atom is 0.317 e. The van der Waals surface area contributed by atoms with Crippen LogP contribution in [0.25, 0.3) is 0 Å². The fourth-order valence-corrected chi connectivity index (χ4v) is 4.81. The predicted molar refractivity (Wildman–Crippen MR) is 117 cm³/mol. The van der Waals surface area contributed by atoms with Crippen LogP contribution >= 0.6 is 0 Å². The van der Waals surface area contributed by atoms with Gasteiger partial charge >= 0.3 is 11.9 Å². The molecule has 0 N–H and O–H groups in total.